The molecule has 6 rings (SSSR count). The lowest BCUT2D eigenvalue weighted by Crippen LogP contribution is -2.29. The van der Waals surface area contributed by atoms with Gasteiger partial charge in [0.25, 0.3) is 18.8 Å². The summed E-state index contributed by atoms with van der Waals surface area (Å²) in [5.41, 5.74) is 16.7. The third-order valence-corrected chi connectivity index (χ3v) is 14.8. The van der Waals surface area contributed by atoms with E-state index in [0.717, 1.165) is 11.2 Å². The number of hydrogen-bond donors (Lipinski definition) is 0. The van der Waals surface area contributed by atoms with E-state index in [1.807, 2.05) is 0 Å². The molecule has 0 amide bonds. The first-order valence-corrected chi connectivity index (χ1v) is 26.8. The molecule has 0 fully saturated rings. The van der Waals surface area contributed by atoms with Crippen LogP contribution in [0.5, 0.6) is 0 Å². The highest BCUT2D eigenvalue weighted by Crippen LogP contribution is 2.59. The highest BCUT2D eigenvalue weighted by atomic mass is 31.2. The predicted molar refractivity (Wildman–Crippen MR) is 283 cm³/mol. The smallest absolute Gasteiger partial charge is 0.284 e. The molecule has 8 heteroatoms. The Morgan fingerprint density at radius 3 is 0.742 bits per heavy atom. The van der Waals surface area contributed by atoms with Crippen molar-refractivity contribution in [3.05, 3.63) is 165 Å². The van der Waals surface area contributed by atoms with Crippen LogP contribution in [0.3, 0.4) is 0 Å². The zero-order chi connectivity index (χ0) is 48.4. The summed E-state index contributed by atoms with van der Waals surface area (Å²) in [6.45, 7) is 39.0. The van der Waals surface area contributed by atoms with Crippen molar-refractivity contribution < 1.29 is 4.74 Å². The van der Waals surface area contributed by atoms with Gasteiger partial charge < -0.3 is 4.74 Å². The van der Waals surface area contributed by atoms with E-state index in [9.17, 15) is 0 Å². The normalized spacial score (nSPS) is 12.5. The number of imidazole rings is 2. The van der Waals surface area contributed by atoms with Crippen LogP contribution >= 0.6 is 7.56 Å². The SMILES string of the molecule is CO/C=C/[P+](C)(N=c1n(-c2c(C(C)C)cccc2C(C)C)ccn1-c1c(C(C)C)cccc1C(C)C)N=c1n(-c2c(C(C)C)cccc2C(C)C)ccn1-c1c(C(C)C)cccc1C(C)C. The maximum absolute atomic E-state index is 6.09. The van der Waals surface area contributed by atoms with Crippen molar-refractivity contribution in [2.24, 2.45) is 9.53 Å². The Balaban J connectivity index is 1.91. The summed E-state index contributed by atoms with van der Waals surface area (Å²) in [5, 5.41) is 0. The molecule has 0 spiro atoms. The van der Waals surface area contributed by atoms with E-state index in [4.69, 9.17) is 14.3 Å². The van der Waals surface area contributed by atoms with Gasteiger partial charge in [0.1, 0.15) is 12.1 Å². The Morgan fingerprint density at radius 2 is 0.576 bits per heavy atom. The number of para-hydroxylation sites is 4. The van der Waals surface area contributed by atoms with E-state index in [-0.39, 0.29) is 47.3 Å². The second kappa shape index (κ2) is 20.8. The topological polar surface area (TPSA) is 53.7 Å². The number of nitrogens with zero attached hydrogens (tertiary/aromatic N) is 6. The largest absolute Gasteiger partial charge is 0.501 e. The highest BCUT2D eigenvalue weighted by molar-refractivity contribution is 7.75. The van der Waals surface area contributed by atoms with Crippen LogP contribution < -0.4 is 11.2 Å². The van der Waals surface area contributed by atoms with Crippen LogP contribution in [0.25, 0.3) is 22.7 Å². The van der Waals surface area contributed by atoms with Crippen molar-refractivity contribution in [3.8, 4) is 22.7 Å². The van der Waals surface area contributed by atoms with Gasteiger partial charge in [-0.15, -0.1) is 0 Å². The lowest BCUT2D eigenvalue weighted by molar-refractivity contribution is 0.339. The molecular formula is C58H80N6OP+. The van der Waals surface area contributed by atoms with E-state index in [2.05, 4.69) is 239 Å². The minimum absolute atomic E-state index is 0.283. The standard InChI is InChI=1S/C58H80N6OP/c1-37(2)45-23-19-24-46(38(3)4)53(45)61-31-32-62(54-47(39(5)6)25-20-26-48(54)40(7)8)57(61)59-66(18,36-35-65-17)60-58-63(55-49(41(9)10)27-21-28-50(55)42(11)12)33-34-64(58)56-51(43(13)14)29-22-30-52(56)44(15)16/h19-44H,1-18H3/q+1/b36-35+. The maximum Gasteiger partial charge on any atom is 0.284 e. The number of methoxy groups -OCH3 is 1. The molecule has 0 aliphatic rings. The van der Waals surface area contributed by atoms with Gasteiger partial charge >= 0.3 is 0 Å². The fourth-order valence-corrected chi connectivity index (χ4v) is 11.1. The van der Waals surface area contributed by atoms with Gasteiger partial charge in [-0.25, -0.2) is 0 Å². The van der Waals surface area contributed by atoms with Gasteiger partial charge in [-0.2, -0.15) is 0 Å². The summed E-state index contributed by atoms with van der Waals surface area (Å²) < 4.78 is 27.5. The van der Waals surface area contributed by atoms with Gasteiger partial charge in [0.2, 0.25) is 0 Å². The number of rotatable bonds is 16. The van der Waals surface area contributed by atoms with Gasteiger partial charge in [0.15, 0.2) is 0 Å². The molecule has 0 bridgehead atoms. The molecular weight excluding hydrogens is 828 g/mol. The van der Waals surface area contributed by atoms with Crippen molar-refractivity contribution in [1.29, 1.82) is 0 Å². The molecule has 0 aliphatic heterocycles. The molecule has 2 heterocycles. The molecule has 6 aromatic rings. The number of benzene rings is 4. The predicted octanol–water partition coefficient (Wildman–Crippen LogP) is 15.9. The maximum atomic E-state index is 6.09. The van der Waals surface area contributed by atoms with Crippen molar-refractivity contribution >= 4 is 7.56 Å². The van der Waals surface area contributed by atoms with Crippen molar-refractivity contribution in [2.45, 2.75) is 158 Å². The summed E-state index contributed by atoms with van der Waals surface area (Å²) in [4.78, 5) is 0. The van der Waals surface area contributed by atoms with E-state index >= 15 is 0 Å². The molecule has 0 radical (unpaired) electrons. The van der Waals surface area contributed by atoms with Crippen LogP contribution in [0, 0.1) is 0 Å². The zero-order valence-corrected chi connectivity index (χ0v) is 44.4. The first kappa shape index (κ1) is 50.3. The molecule has 0 saturated carbocycles. The second-order valence-corrected chi connectivity index (χ2v) is 23.4. The lowest BCUT2D eigenvalue weighted by Gasteiger charge is -2.23. The minimum atomic E-state index is -2.90. The second-order valence-electron chi connectivity index (χ2n) is 20.8. The summed E-state index contributed by atoms with van der Waals surface area (Å²) in [5.74, 6) is 4.39. The summed E-state index contributed by atoms with van der Waals surface area (Å²) in [7, 11) is -1.18. The van der Waals surface area contributed by atoms with Crippen LogP contribution in [0.1, 0.15) is 203 Å². The summed E-state index contributed by atoms with van der Waals surface area (Å²) in [6, 6.07) is 27.2. The Morgan fingerprint density at radius 1 is 0.379 bits per heavy atom. The Labute approximate surface area is 398 Å². The van der Waals surface area contributed by atoms with Crippen LogP contribution in [-0.4, -0.2) is 32.0 Å². The van der Waals surface area contributed by atoms with Gasteiger partial charge in [-0.05, 0) is 91.9 Å². The van der Waals surface area contributed by atoms with Gasteiger partial charge in [0, 0.05) is 24.8 Å². The van der Waals surface area contributed by atoms with Gasteiger partial charge in [0.05, 0.1) is 36.5 Å². The molecule has 0 N–H and O–H groups in total. The average Bonchev–Trinajstić information content (AvgIpc) is 3.87. The van der Waals surface area contributed by atoms with Crippen LogP contribution in [0.2, 0.25) is 0 Å². The molecule has 0 saturated heterocycles. The van der Waals surface area contributed by atoms with Crippen LogP contribution in [0.4, 0.5) is 0 Å². The number of aromatic nitrogens is 4. The quantitative estimate of drug-likeness (QED) is 0.0705. The van der Waals surface area contributed by atoms with E-state index < -0.39 is 7.56 Å². The molecule has 66 heavy (non-hydrogen) atoms. The zero-order valence-electron chi connectivity index (χ0n) is 43.5. The van der Waals surface area contributed by atoms with Crippen LogP contribution in [-0.2, 0) is 4.74 Å². The Bertz CT molecular complexity index is 2340. The van der Waals surface area contributed by atoms with Crippen molar-refractivity contribution in [1.82, 2.24) is 18.3 Å². The fraction of sp³-hybridized carbons (Fsp3) is 0.448. The molecule has 2 aromatic heterocycles. The van der Waals surface area contributed by atoms with Crippen molar-refractivity contribution in [2.75, 3.05) is 13.8 Å². The number of hydrogen-bond acceptors (Lipinski definition) is 3. The molecule has 0 atom stereocenters. The van der Waals surface area contributed by atoms with E-state index in [1.165, 1.54) is 67.3 Å². The molecule has 0 unspecified atom stereocenters. The van der Waals surface area contributed by atoms with Gasteiger partial charge in [-0.3, -0.25) is 18.3 Å². The fourth-order valence-electron chi connectivity index (χ4n) is 9.44. The first-order chi connectivity index (χ1) is 31.2. The molecule has 0 aliphatic carbocycles. The third-order valence-electron chi connectivity index (χ3n) is 13.0. The summed E-state index contributed by atoms with van der Waals surface area (Å²) in [6.07, 6.45) is 10.7. The van der Waals surface area contributed by atoms with Crippen molar-refractivity contribution in [3.63, 3.8) is 0 Å². The van der Waals surface area contributed by atoms with E-state index in [0.29, 0.717) is 0 Å². The Hall–Kier alpha value is -5.13. The molecule has 352 valence electrons. The van der Waals surface area contributed by atoms with E-state index in [1.54, 1.807) is 13.4 Å². The first-order valence-electron chi connectivity index (χ1n) is 24.5. The number of ether oxygens (including phenoxy) is 1. The molecule has 4 aromatic carbocycles. The highest BCUT2D eigenvalue weighted by Gasteiger charge is 2.34. The molecule has 7 nitrogen and oxygen atoms in total. The lowest BCUT2D eigenvalue weighted by atomic mass is 9.92. The summed E-state index contributed by atoms with van der Waals surface area (Å²) >= 11 is 0. The minimum Gasteiger partial charge on any atom is -0.501 e. The third kappa shape index (κ3) is 10.1. The monoisotopic (exact) mass is 908 g/mol. The van der Waals surface area contributed by atoms with Gasteiger partial charge in [-0.1, -0.05) is 193 Å². The Kier molecular flexibility index (Phi) is 15.9. The van der Waals surface area contributed by atoms with Crippen LogP contribution in [0.15, 0.2) is 119 Å². The average molecular weight is 908 g/mol.